The van der Waals surface area contributed by atoms with Gasteiger partial charge in [-0.15, -0.1) is 23.2 Å². The lowest BCUT2D eigenvalue weighted by molar-refractivity contribution is -0.117. The molecule has 1 fully saturated rings. The second-order valence-corrected chi connectivity index (χ2v) is 10.8. The van der Waals surface area contributed by atoms with Gasteiger partial charge in [0.25, 0.3) is 5.91 Å². The Morgan fingerprint density at radius 1 is 0.914 bits per heavy atom. The highest BCUT2D eigenvalue weighted by Crippen LogP contribution is 2.65. The molecule has 0 bridgehead atoms. The fourth-order valence-electron chi connectivity index (χ4n) is 4.01. The number of imidazole rings is 1. The van der Waals surface area contributed by atoms with Crippen LogP contribution in [0.4, 0.5) is 11.4 Å². The Hall–Kier alpha value is -2.48. The molecule has 4 aromatic rings. The first kappa shape index (κ1) is 24.2. The minimum absolute atomic E-state index is 0.187. The zero-order valence-corrected chi connectivity index (χ0v) is 21.4. The molecule has 35 heavy (non-hydrogen) atoms. The summed E-state index contributed by atoms with van der Waals surface area (Å²) < 4.78 is 0.453. The predicted molar refractivity (Wildman–Crippen MR) is 140 cm³/mol. The number of halogens is 5. The predicted octanol–water partition coefficient (Wildman–Crippen LogP) is 7.07. The second kappa shape index (κ2) is 9.19. The molecule has 0 spiro atoms. The van der Waals surface area contributed by atoms with Crippen LogP contribution in [0.5, 0.6) is 0 Å². The molecule has 178 valence electrons. The van der Waals surface area contributed by atoms with Crippen LogP contribution in [-0.4, -0.2) is 25.5 Å². The standard InChI is InChI=1S/C24H15Cl5N4O2/c25-13-7-12(8-14(26)9-13)20-21(24(20,28)29)23(35)31-15-1-3-18(27)17(10-15)22(34)32-16-2-4-19-30-5-6-33(19)11-16/h1-11,20-21H,(H,31,35)(H,32,34)/t20-,21+/m1/s1. The molecule has 11 heteroatoms. The maximum atomic E-state index is 13.0. The summed E-state index contributed by atoms with van der Waals surface area (Å²) in [7, 11) is 0. The zero-order valence-electron chi connectivity index (χ0n) is 17.6. The number of hydrogen-bond acceptors (Lipinski definition) is 3. The Balaban J connectivity index is 1.33. The normalized spacial score (nSPS) is 18.3. The van der Waals surface area contributed by atoms with E-state index < -0.39 is 28.0 Å². The Morgan fingerprint density at radius 2 is 1.63 bits per heavy atom. The number of amides is 2. The van der Waals surface area contributed by atoms with Crippen LogP contribution in [-0.2, 0) is 4.79 Å². The summed E-state index contributed by atoms with van der Waals surface area (Å²) in [5.74, 6) is -2.08. The number of nitrogens with zero attached hydrogens (tertiary/aromatic N) is 2. The van der Waals surface area contributed by atoms with Crippen molar-refractivity contribution in [2.75, 3.05) is 10.6 Å². The summed E-state index contributed by atoms with van der Waals surface area (Å²) in [6.07, 6.45) is 5.16. The Kier molecular flexibility index (Phi) is 6.36. The monoisotopic (exact) mass is 566 g/mol. The van der Waals surface area contributed by atoms with E-state index in [2.05, 4.69) is 15.6 Å². The lowest BCUT2D eigenvalue weighted by Crippen LogP contribution is -2.18. The number of anilines is 2. The van der Waals surface area contributed by atoms with Crippen molar-refractivity contribution < 1.29 is 9.59 Å². The third-order valence-corrected chi connectivity index (χ3v) is 7.41. The number of aromatic nitrogens is 2. The molecule has 2 aromatic heterocycles. The van der Waals surface area contributed by atoms with E-state index in [1.54, 1.807) is 59.4 Å². The number of alkyl halides is 2. The van der Waals surface area contributed by atoms with Gasteiger partial charge in [-0.3, -0.25) is 9.59 Å². The highest BCUT2D eigenvalue weighted by Gasteiger charge is 2.67. The molecule has 1 aliphatic carbocycles. The van der Waals surface area contributed by atoms with E-state index in [-0.39, 0.29) is 10.6 Å². The second-order valence-electron chi connectivity index (χ2n) is 8.08. The van der Waals surface area contributed by atoms with Crippen LogP contribution >= 0.6 is 58.0 Å². The van der Waals surface area contributed by atoms with Crippen LogP contribution < -0.4 is 10.6 Å². The van der Waals surface area contributed by atoms with Gasteiger partial charge in [0.15, 0.2) is 0 Å². The van der Waals surface area contributed by atoms with E-state index >= 15 is 0 Å². The largest absolute Gasteiger partial charge is 0.326 e. The maximum Gasteiger partial charge on any atom is 0.257 e. The van der Waals surface area contributed by atoms with E-state index in [4.69, 9.17) is 58.0 Å². The molecule has 2 amide bonds. The lowest BCUT2D eigenvalue weighted by Gasteiger charge is -2.11. The van der Waals surface area contributed by atoms with Gasteiger partial charge in [0, 0.05) is 40.2 Å². The van der Waals surface area contributed by atoms with Gasteiger partial charge in [0.1, 0.15) is 9.98 Å². The fraction of sp³-hybridized carbons (Fsp3) is 0.125. The molecule has 5 rings (SSSR count). The number of fused-ring (bicyclic) bond motifs is 1. The van der Waals surface area contributed by atoms with Crippen LogP contribution in [0, 0.1) is 5.92 Å². The van der Waals surface area contributed by atoms with Gasteiger partial charge in [-0.05, 0) is 54.1 Å². The summed E-state index contributed by atoms with van der Waals surface area (Å²) in [4.78, 5) is 30.1. The molecule has 0 unspecified atom stereocenters. The molecule has 1 saturated carbocycles. The number of carbonyl (C=O) groups excluding carboxylic acids is 2. The number of hydrogen-bond donors (Lipinski definition) is 2. The molecule has 1 aliphatic rings. The topological polar surface area (TPSA) is 75.5 Å². The molecule has 2 aromatic carbocycles. The van der Waals surface area contributed by atoms with Gasteiger partial charge in [0.2, 0.25) is 5.91 Å². The molecule has 0 radical (unpaired) electrons. The van der Waals surface area contributed by atoms with Crippen molar-refractivity contribution in [2.45, 2.75) is 10.3 Å². The van der Waals surface area contributed by atoms with Crippen molar-refractivity contribution in [3.05, 3.63) is 93.3 Å². The molecule has 2 atom stereocenters. The first-order valence-corrected chi connectivity index (χ1v) is 12.2. The number of rotatable bonds is 5. The molecule has 2 heterocycles. The van der Waals surface area contributed by atoms with Crippen LogP contribution in [0.1, 0.15) is 21.8 Å². The van der Waals surface area contributed by atoms with Gasteiger partial charge in [-0.1, -0.05) is 34.8 Å². The highest BCUT2D eigenvalue weighted by atomic mass is 35.5. The fourth-order valence-corrected chi connectivity index (χ4v) is 5.59. The van der Waals surface area contributed by atoms with Gasteiger partial charge >= 0.3 is 0 Å². The van der Waals surface area contributed by atoms with Gasteiger partial charge < -0.3 is 15.0 Å². The molecule has 2 N–H and O–H groups in total. The van der Waals surface area contributed by atoms with Gasteiger partial charge in [-0.25, -0.2) is 4.98 Å². The minimum Gasteiger partial charge on any atom is -0.326 e. The molecular formula is C24H15Cl5N4O2. The van der Waals surface area contributed by atoms with Crippen molar-refractivity contribution in [2.24, 2.45) is 5.92 Å². The first-order chi connectivity index (χ1) is 16.6. The van der Waals surface area contributed by atoms with E-state index in [0.29, 0.717) is 27.0 Å². The highest BCUT2D eigenvalue weighted by molar-refractivity contribution is 6.53. The summed E-state index contributed by atoms with van der Waals surface area (Å²) in [6, 6.07) is 13.1. The van der Waals surface area contributed by atoms with E-state index in [9.17, 15) is 9.59 Å². The number of pyridine rings is 1. The zero-order chi connectivity index (χ0) is 24.9. The van der Waals surface area contributed by atoms with E-state index in [1.807, 2.05) is 0 Å². The smallest absolute Gasteiger partial charge is 0.257 e. The molecule has 0 saturated heterocycles. The quantitative estimate of drug-likeness (QED) is 0.253. The van der Waals surface area contributed by atoms with Crippen LogP contribution in [0.2, 0.25) is 15.1 Å². The van der Waals surface area contributed by atoms with Crippen LogP contribution in [0.15, 0.2) is 67.1 Å². The van der Waals surface area contributed by atoms with E-state index in [0.717, 1.165) is 5.65 Å². The van der Waals surface area contributed by atoms with Gasteiger partial charge in [0.05, 0.1) is 22.2 Å². The van der Waals surface area contributed by atoms with Crippen molar-refractivity contribution in [1.82, 2.24) is 9.38 Å². The Bertz CT molecular complexity index is 1470. The molecule has 6 nitrogen and oxygen atoms in total. The number of nitrogens with one attached hydrogen (secondary N) is 2. The Labute approximate surface area is 225 Å². The van der Waals surface area contributed by atoms with Crippen molar-refractivity contribution in [3.8, 4) is 0 Å². The maximum absolute atomic E-state index is 13.0. The van der Waals surface area contributed by atoms with Crippen LogP contribution in [0.3, 0.4) is 0 Å². The molecule has 0 aliphatic heterocycles. The SMILES string of the molecule is O=C(Nc1ccc2nccn2c1)c1cc(NC(=O)[C@@H]2[C@@H](c3cc(Cl)cc(Cl)c3)C2(Cl)Cl)ccc1Cl. The van der Waals surface area contributed by atoms with Crippen molar-refractivity contribution >= 4 is 86.8 Å². The van der Waals surface area contributed by atoms with Crippen molar-refractivity contribution in [1.29, 1.82) is 0 Å². The average molecular weight is 569 g/mol. The van der Waals surface area contributed by atoms with Gasteiger partial charge in [-0.2, -0.15) is 0 Å². The third kappa shape index (κ3) is 4.82. The number of carbonyl (C=O) groups is 2. The third-order valence-electron chi connectivity index (χ3n) is 5.71. The molecular weight excluding hydrogens is 554 g/mol. The first-order valence-electron chi connectivity index (χ1n) is 10.3. The summed E-state index contributed by atoms with van der Waals surface area (Å²) in [6.45, 7) is 0. The summed E-state index contributed by atoms with van der Waals surface area (Å²) in [5.41, 5.74) is 2.53. The minimum atomic E-state index is -1.32. The summed E-state index contributed by atoms with van der Waals surface area (Å²) in [5, 5.41) is 6.63. The van der Waals surface area contributed by atoms with E-state index in [1.165, 1.54) is 12.1 Å². The lowest BCUT2D eigenvalue weighted by atomic mass is 10.1. The van der Waals surface area contributed by atoms with Crippen molar-refractivity contribution in [3.63, 3.8) is 0 Å². The average Bonchev–Trinajstić information content (AvgIpc) is 3.11. The number of benzene rings is 2. The van der Waals surface area contributed by atoms with Crippen LogP contribution in [0.25, 0.3) is 5.65 Å². The Morgan fingerprint density at radius 3 is 2.37 bits per heavy atom. The summed E-state index contributed by atoms with van der Waals surface area (Å²) >= 11 is 31.3.